The lowest BCUT2D eigenvalue weighted by Gasteiger charge is -2.12. The van der Waals surface area contributed by atoms with Gasteiger partial charge in [0.05, 0.1) is 0 Å². The van der Waals surface area contributed by atoms with Gasteiger partial charge < -0.3 is 21.1 Å². The van der Waals surface area contributed by atoms with E-state index in [-0.39, 0.29) is 42.3 Å². The Morgan fingerprint density at radius 3 is 2.59 bits per heavy atom. The predicted octanol–water partition coefficient (Wildman–Crippen LogP) is 3.06. The maximum absolute atomic E-state index is 11.8. The first-order valence-electron chi connectivity index (χ1n) is 8.00. The van der Waals surface area contributed by atoms with Crippen molar-refractivity contribution in [2.75, 3.05) is 18.9 Å². The van der Waals surface area contributed by atoms with Crippen molar-refractivity contribution in [3.8, 4) is 11.5 Å². The minimum Gasteiger partial charge on any atom is -0.457 e. The number of anilines is 1. The maximum Gasteiger partial charge on any atom is 0.269 e. The zero-order valence-electron chi connectivity index (χ0n) is 15.2. The molecule has 0 spiro atoms. The van der Waals surface area contributed by atoms with Crippen molar-refractivity contribution < 1.29 is 14.3 Å². The van der Waals surface area contributed by atoms with E-state index < -0.39 is 0 Å². The third-order valence-corrected chi connectivity index (χ3v) is 3.50. The number of nitrogens with zero attached hydrogens (tertiary/aromatic N) is 1. The summed E-state index contributed by atoms with van der Waals surface area (Å²) >= 11 is 0. The second-order valence-corrected chi connectivity index (χ2v) is 5.48. The molecule has 0 atom stereocenters. The lowest BCUT2D eigenvalue weighted by atomic mass is 10.2. The largest absolute Gasteiger partial charge is 0.457 e. The van der Waals surface area contributed by atoms with Crippen LogP contribution in [0.2, 0.25) is 0 Å². The molecule has 0 saturated carbocycles. The fraction of sp³-hybridized carbons (Fsp3) is 0.278. The standard InChI is InChI=1S/C18H22N4O3.2ClH/c1-12-5-6-13(22-17(23)4-3-8-19)10-16(12)25-14-7-9-21-15(11-14)18(24)20-2;;/h5-7,9-11H,3-4,8,19H2,1-2H3,(H,20,24)(H,22,23);2*1H. The van der Waals surface area contributed by atoms with E-state index in [0.717, 1.165) is 5.56 Å². The molecular formula is C18H24Cl2N4O3. The van der Waals surface area contributed by atoms with Crippen LogP contribution in [0, 0.1) is 6.92 Å². The van der Waals surface area contributed by atoms with E-state index in [1.165, 1.54) is 6.20 Å². The number of hydrogen-bond donors (Lipinski definition) is 3. The van der Waals surface area contributed by atoms with Gasteiger partial charge in [0.2, 0.25) is 5.91 Å². The average molecular weight is 415 g/mol. The molecule has 0 bridgehead atoms. The van der Waals surface area contributed by atoms with Crippen LogP contribution in [-0.2, 0) is 4.79 Å². The maximum atomic E-state index is 11.8. The molecule has 0 radical (unpaired) electrons. The van der Waals surface area contributed by atoms with Crippen LogP contribution in [0.5, 0.6) is 11.5 Å². The Labute approximate surface area is 170 Å². The summed E-state index contributed by atoms with van der Waals surface area (Å²) in [5.74, 6) is 0.697. The van der Waals surface area contributed by atoms with Crippen molar-refractivity contribution in [2.24, 2.45) is 5.73 Å². The molecule has 2 amide bonds. The highest BCUT2D eigenvalue weighted by molar-refractivity contribution is 5.92. The SMILES string of the molecule is CNC(=O)c1cc(Oc2cc(NC(=O)CCCN)ccc2C)ccn1.Cl.Cl. The smallest absolute Gasteiger partial charge is 0.269 e. The van der Waals surface area contributed by atoms with Crippen LogP contribution < -0.4 is 21.1 Å². The van der Waals surface area contributed by atoms with Crippen LogP contribution in [0.3, 0.4) is 0 Å². The Bertz CT molecular complexity index is 772. The van der Waals surface area contributed by atoms with E-state index in [4.69, 9.17) is 10.5 Å². The summed E-state index contributed by atoms with van der Waals surface area (Å²) in [4.78, 5) is 27.5. The molecule has 7 nitrogen and oxygen atoms in total. The third kappa shape index (κ3) is 7.42. The molecule has 1 aromatic heterocycles. The van der Waals surface area contributed by atoms with Gasteiger partial charge in [0.25, 0.3) is 5.91 Å². The molecule has 0 fully saturated rings. The molecule has 4 N–H and O–H groups in total. The first-order chi connectivity index (χ1) is 12.0. The predicted molar refractivity (Wildman–Crippen MR) is 110 cm³/mol. The number of aryl methyl sites for hydroxylation is 1. The number of carbonyl (C=O) groups is 2. The number of amides is 2. The molecule has 0 aliphatic rings. The summed E-state index contributed by atoms with van der Waals surface area (Å²) in [6.45, 7) is 2.38. The molecule has 1 aromatic carbocycles. The molecule has 0 aliphatic carbocycles. The second kappa shape index (κ2) is 12.1. The zero-order valence-corrected chi connectivity index (χ0v) is 16.8. The number of hydrogen-bond acceptors (Lipinski definition) is 5. The number of nitrogens with two attached hydrogens (primary N) is 1. The number of pyridine rings is 1. The fourth-order valence-electron chi connectivity index (χ4n) is 2.13. The molecule has 0 unspecified atom stereocenters. The van der Waals surface area contributed by atoms with Gasteiger partial charge in [-0.05, 0) is 37.6 Å². The quantitative estimate of drug-likeness (QED) is 0.645. The van der Waals surface area contributed by atoms with Gasteiger partial charge in [-0.25, -0.2) is 0 Å². The average Bonchev–Trinajstić information content (AvgIpc) is 2.62. The number of benzene rings is 1. The van der Waals surface area contributed by atoms with E-state index >= 15 is 0 Å². The minimum atomic E-state index is -0.289. The van der Waals surface area contributed by atoms with Gasteiger partial charge in [-0.3, -0.25) is 14.6 Å². The molecule has 2 aromatic rings. The van der Waals surface area contributed by atoms with Crippen LogP contribution in [0.4, 0.5) is 5.69 Å². The van der Waals surface area contributed by atoms with Crippen molar-refractivity contribution >= 4 is 42.3 Å². The van der Waals surface area contributed by atoms with Crippen molar-refractivity contribution in [3.63, 3.8) is 0 Å². The van der Waals surface area contributed by atoms with E-state index in [0.29, 0.717) is 36.6 Å². The Kier molecular flexibility index (Phi) is 11.1. The van der Waals surface area contributed by atoms with Gasteiger partial charge in [-0.1, -0.05) is 6.07 Å². The molecule has 0 saturated heterocycles. The lowest BCUT2D eigenvalue weighted by Crippen LogP contribution is -2.18. The van der Waals surface area contributed by atoms with Crippen molar-refractivity contribution in [3.05, 3.63) is 47.8 Å². The highest BCUT2D eigenvalue weighted by Crippen LogP contribution is 2.28. The van der Waals surface area contributed by atoms with E-state index in [1.54, 1.807) is 25.2 Å². The molecular weight excluding hydrogens is 391 g/mol. The van der Waals surface area contributed by atoms with Gasteiger partial charge in [-0.15, -0.1) is 24.8 Å². The van der Waals surface area contributed by atoms with Crippen LogP contribution in [0.1, 0.15) is 28.9 Å². The van der Waals surface area contributed by atoms with Gasteiger partial charge in [0, 0.05) is 37.5 Å². The Morgan fingerprint density at radius 2 is 1.93 bits per heavy atom. The highest BCUT2D eigenvalue weighted by Gasteiger charge is 2.09. The number of aromatic nitrogens is 1. The Morgan fingerprint density at radius 1 is 1.19 bits per heavy atom. The van der Waals surface area contributed by atoms with Gasteiger partial charge >= 0.3 is 0 Å². The summed E-state index contributed by atoms with van der Waals surface area (Å²) in [6, 6.07) is 8.64. The van der Waals surface area contributed by atoms with Gasteiger partial charge in [0.15, 0.2) is 0 Å². The number of rotatable bonds is 7. The van der Waals surface area contributed by atoms with Crippen LogP contribution in [-0.4, -0.2) is 30.4 Å². The summed E-state index contributed by atoms with van der Waals surface area (Å²) < 4.78 is 5.86. The van der Waals surface area contributed by atoms with Crippen LogP contribution in [0.25, 0.3) is 0 Å². The van der Waals surface area contributed by atoms with E-state index in [2.05, 4.69) is 15.6 Å². The lowest BCUT2D eigenvalue weighted by molar-refractivity contribution is -0.116. The molecule has 9 heteroatoms. The number of halogens is 2. The molecule has 148 valence electrons. The Balaban J connectivity index is 0.00000338. The van der Waals surface area contributed by atoms with Gasteiger partial charge in [-0.2, -0.15) is 0 Å². The number of nitrogens with one attached hydrogen (secondary N) is 2. The van der Waals surface area contributed by atoms with E-state index in [1.807, 2.05) is 19.1 Å². The van der Waals surface area contributed by atoms with Gasteiger partial charge in [0.1, 0.15) is 17.2 Å². The topological polar surface area (TPSA) is 106 Å². The normalized spacial score (nSPS) is 9.44. The fourth-order valence-corrected chi connectivity index (χ4v) is 2.13. The zero-order chi connectivity index (χ0) is 18.2. The third-order valence-electron chi connectivity index (χ3n) is 3.50. The molecule has 27 heavy (non-hydrogen) atoms. The number of ether oxygens (including phenoxy) is 1. The number of carbonyl (C=O) groups excluding carboxylic acids is 2. The molecule has 0 aliphatic heterocycles. The van der Waals surface area contributed by atoms with Crippen molar-refractivity contribution in [1.29, 1.82) is 0 Å². The first-order valence-corrected chi connectivity index (χ1v) is 8.00. The first kappa shape index (κ1) is 24.7. The molecule has 2 rings (SSSR count). The highest BCUT2D eigenvalue weighted by atomic mass is 35.5. The second-order valence-electron chi connectivity index (χ2n) is 5.48. The monoisotopic (exact) mass is 414 g/mol. The molecule has 1 heterocycles. The summed E-state index contributed by atoms with van der Waals surface area (Å²) in [7, 11) is 1.54. The van der Waals surface area contributed by atoms with E-state index in [9.17, 15) is 9.59 Å². The minimum absolute atomic E-state index is 0. The van der Waals surface area contributed by atoms with Crippen LogP contribution >= 0.6 is 24.8 Å². The summed E-state index contributed by atoms with van der Waals surface area (Å²) in [6.07, 6.45) is 2.52. The van der Waals surface area contributed by atoms with Crippen molar-refractivity contribution in [2.45, 2.75) is 19.8 Å². The van der Waals surface area contributed by atoms with Crippen molar-refractivity contribution in [1.82, 2.24) is 10.3 Å². The summed E-state index contributed by atoms with van der Waals surface area (Å²) in [5.41, 5.74) is 7.22. The summed E-state index contributed by atoms with van der Waals surface area (Å²) in [5, 5.41) is 5.34. The van der Waals surface area contributed by atoms with Crippen LogP contribution in [0.15, 0.2) is 36.5 Å². The Hall–Kier alpha value is -2.35.